The third-order valence-electron chi connectivity index (χ3n) is 7.96. The third-order valence-corrected chi connectivity index (χ3v) is 7.96. The predicted octanol–water partition coefficient (Wildman–Crippen LogP) is 7.18. The Bertz CT molecular complexity index is 1220. The van der Waals surface area contributed by atoms with Gasteiger partial charge in [0, 0.05) is 17.7 Å². The second-order valence-corrected chi connectivity index (χ2v) is 10.4. The van der Waals surface area contributed by atoms with Crippen LogP contribution < -0.4 is 20.9 Å². The Hall–Kier alpha value is -3.28. The van der Waals surface area contributed by atoms with Crippen molar-refractivity contribution in [2.45, 2.75) is 43.9 Å². The number of nitrogens with two attached hydrogens (primary N) is 2. The van der Waals surface area contributed by atoms with Crippen LogP contribution in [0.4, 0.5) is 20.2 Å². The van der Waals surface area contributed by atoms with Crippen molar-refractivity contribution < 1.29 is 18.3 Å². The van der Waals surface area contributed by atoms with Gasteiger partial charge in [-0.3, -0.25) is 0 Å². The molecule has 4 fully saturated rings. The zero-order chi connectivity index (χ0) is 23.4. The normalized spacial score (nSPS) is 27.1. The number of para-hydroxylation sites is 1. The first-order valence-electron chi connectivity index (χ1n) is 12.0. The summed E-state index contributed by atoms with van der Waals surface area (Å²) >= 11 is 0. The maximum absolute atomic E-state index is 13.7. The number of nitrogen functional groups attached to an aromatic ring is 2. The molecule has 0 spiro atoms. The molecule has 34 heavy (non-hydrogen) atoms. The highest BCUT2D eigenvalue weighted by Crippen LogP contribution is 2.63. The van der Waals surface area contributed by atoms with E-state index in [2.05, 4.69) is 6.07 Å². The van der Waals surface area contributed by atoms with E-state index in [-0.39, 0.29) is 16.8 Å². The van der Waals surface area contributed by atoms with Gasteiger partial charge in [0.1, 0.15) is 11.6 Å². The molecule has 0 radical (unpaired) electrons. The molecule has 4 aliphatic carbocycles. The Balaban J connectivity index is 1.46. The number of hydrogen-bond donors (Lipinski definition) is 2. The van der Waals surface area contributed by atoms with Crippen LogP contribution in [0, 0.1) is 29.4 Å². The maximum atomic E-state index is 13.7. The lowest BCUT2D eigenvalue weighted by Crippen LogP contribution is -2.48. The molecule has 7 rings (SSSR count). The van der Waals surface area contributed by atoms with Gasteiger partial charge in [0.15, 0.2) is 23.0 Å². The van der Waals surface area contributed by atoms with Crippen LogP contribution in [-0.2, 0) is 5.41 Å². The average Bonchev–Trinajstić information content (AvgIpc) is 2.77. The first kappa shape index (κ1) is 21.3. The predicted molar refractivity (Wildman–Crippen MR) is 128 cm³/mol. The largest absolute Gasteiger partial charge is 0.451 e. The van der Waals surface area contributed by atoms with Crippen molar-refractivity contribution in [3.63, 3.8) is 0 Å². The molecular formula is C28H28F2N2O2. The van der Waals surface area contributed by atoms with Crippen molar-refractivity contribution >= 4 is 11.4 Å². The van der Waals surface area contributed by atoms with Crippen LogP contribution in [0.3, 0.4) is 0 Å². The van der Waals surface area contributed by atoms with Gasteiger partial charge in [-0.2, -0.15) is 0 Å². The Morgan fingerprint density at radius 2 is 1.21 bits per heavy atom. The zero-order valence-corrected chi connectivity index (χ0v) is 18.9. The smallest absolute Gasteiger partial charge is 0.173 e. The Morgan fingerprint density at radius 1 is 0.676 bits per heavy atom. The number of halogens is 2. The fourth-order valence-corrected chi connectivity index (χ4v) is 7.01. The lowest BCUT2D eigenvalue weighted by Gasteiger charge is -2.57. The van der Waals surface area contributed by atoms with Crippen LogP contribution in [0.2, 0.25) is 0 Å². The number of ether oxygens (including phenoxy) is 2. The molecular weight excluding hydrogens is 434 g/mol. The summed E-state index contributed by atoms with van der Waals surface area (Å²) in [4.78, 5) is 0. The molecule has 176 valence electrons. The summed E-state index contributed by atoms with van der Waals surface area (Å²) in [7, 11) is 0. The standard InChI is InChI=1S/C28H28F2N2O2/c29-19-4-6-24(22(31)11-19)33-26-3-1-2-21(27(26)34-25-7-5-20(30)12-23(25)32)28-13-16-8-17(14-28)10-18(9-16)15-28/h1-7,11-12,16-18H,8-10,13-15,31-32H2. The van der Waals surface area contributed by atoms with Gasteiger partial charge in [0.25, 0.3) is 0 Å². The molecule has 6 heteroatoms. The van der Waals surface area contributed by atoms with Crippen molar-refractivity contribution in [3.8, 4) is 23.0 Å². The van der Waals surface area contributed by atoms with Gasteiger partial charge in [-0.1, -0.05) is 12.1 Å². The first-order chi connectivity index (χ1) is 16.4. The van der Waals surface area contributed by atoms with Gasteiger partial charge < -0.3 is 20.9 Å². The SMILES string of the molecule is Nc1cc(F)ccc1Oc1cccc(C23CC4CC(CC(C4)C2)C3)c1Oc1ccc(F)cc1N. The lowest BCUT2D eigenvalue weighted by atomic mass is 9.48. The molecule has 0 saturated heterocycles. The van der Waals surface area contributed by atoms with Crippen molar-refractivity contribution in [1.82, 2.24) is 0 Å². The molecule has 0 unspecified atom stereocenters. The number of anilines is 2. The molecule has 3 aromatic carbocycles. The van der Waals surface area contributed by atoms with E-state index in [1.54, 1.807) is 0 Å². The Morgan fingerprint density at radius 3 is 1.74 bits per heavy atom. The average molecular weight is 463 g/mol. The van der Waals surface area contributed by atoms with Gasteiger partial charge >= 0.3 is 0 Å². The third kappa shape index (κ3) is 3.65. The van der Waals surface area contributed by atoms with E-state index in [0.29, 0.717) is 23.0 Å². The van der Waals surface area contributed by atoms with Crippen LogP contribution in [-0.4, -0.2) is 0 Å². The van der Waals surface area contributed by atoms with E-state index in [0.717, 1.165) is 42.6 Å². The molecule has 0 aromatic heterocycles. The van der Waals surface area contributed by atoms with E-state index >= 15 is 0 Å². The molecule has 0 aliphatic heterocycles. The highest BCUT2D eigenvalue weighted by atomic mass is 19.1. The summed E-state index contributed by atoms with van der Waals surface area (Å²) in [5, 5.41) is 0. The van der Waals surface area contributed by atoms with Gasteiger partial charge in [0.05, 0.1) is 11.4 Å². The number of hydrogen-bond acceptors (Lipinski definition) is 4. The van der Waals surface area contributed by atoms with E-state index < -0.39 is 11.6 Å². The molecule has 4 aliphatic rings. The van der Waals surface area contributed by atoms with E-state index in [9.17, 15) is 8.78 Å². The topological polar surface area (TPSA) is 70.5 Å². The summed E-state index contributed by atoms with van der Waals surface area (Å²) in [6.07, 6.45) is 7.37. The van der Waals surface area contributed by atoms with Crippen LogP contribution in [0.1, 0.15) is 44.1 Å². The molecule has 3 aromatic rings. The summed E-state index contributed by atoms with van der Waals surface area (Å²) < 4.78 is 39.9. The summed E-state index contributed by atoms with van der Waals surface area (Å²) in [5.74, 6) is 3.16. The minimum absolute atomic E-state index is 0.0204. The van der Waals surface area contributed by atoms with Crippen LogP contribution in [0.15, 0.2) is 54.6 Å². The molecule has 4 N–H and O–H groups in total. The van der Waals surface area contributed by atoms with Crippen molar-refractivity contribution in [2.75, 3.05) is 11.5 Å². The van der Waals surface area contributed by atoms with E-state index in [1.165, 1.54) is 55.7 Å². The van der Waals surface area contributed by atoms with E-state index in [1.807, 2.05) is 12.1 Å². The lowest BCUT2D eigenvalue weighted by molar-refractivity contribution is -0.00608. The summed E-state index contributed by atoms with van der Waals surface area (Å²) in [6, 6.07) is 14.1. The van der Waals surface area contributed by atoms with Crippen LogP contribution in [0.25, 0.3) is 0 Å². The summed E-state index contributed by atoms with van der Waals surface area (Å²) in [6.45, 7) is 0. The molecule has 0 amide bonds. The number of rotatable bonds is 5. The van der Waals surface area contributed by atoms with Gasteiger partial charge in [0.2, 0.25) is 0 Å². The zero-order valence-electron chi connectivity index (χ0n) is 18.9. The molecule has 0 atom stereocenters. The molecule has 4 nitrogen and oxygen atoms in total. The first-order valence-corrected chi connectivity index (χ1v) is 12.0. The van der Waals surface area contributed by atoms with E-state index in [4.69, 9.17) is 20.9 Å². The second-order valence-electron chi connectivity index (χ2n) is 10.4. The highest BCUT2D eigenvalue weighted by molar-refractivity contribution is 5.61. The molecule has 4 bridgehead atoms. The van der Waals surface area contributed by atoms with Crippen molar-refractivity contribution in [3.05, 3.63) is 71.8 Å². The fraction of sp³-hybridized carbons (Fsp3) is 0.357. The second kappa shape index (κ2) is 7.90. The minimum Gasteiger partial charge on any atom is -0.451 e. The highest BCUT2D eigenvalue weighted by Gasteiger charge is 2.52. The van der Waals surface area contributed by atoms with Crippen molar-refractivity contribution in [2.24, 2.45) is 17.8 Å². The molecule has 0 heterocycles. The fourth-order valence-electron chi connectivity index (χ4n) is 7.01. The Kier molecular flexibility index (Phi) is 4.94. The van der Waals surface area contributed by atoms with Gasteiger partial charge in [-0.05, 0) is 92.0 Å². The maximum Gasteiger partial charge on any atom is 0.173 e. The monoisotopic (exact) mass is 462 g/mol. The number of benzene rings is 3. The minimum atomic E-state index is -0.428. The molecule has 4 saturated carbocycles. The summed E-state index contributed by atoms with van der Waals surface area (Å²) in [5.41, 5.74) is 13.7. The van der Waals surface area contributed by atoms with Gasteiger partial charge in [-0.15, -0.1) is 0 Å². The van der Waals surface area contributed by atoms with Crippen LogP contribution in [0.5, 0.6) is 23.0 Å². The quantitative estimate of drug-likeness (QED) is 0.394. The van der Waals surface area contributed by atoms with Crippen LogP contribution >= 0.6 is 0 Å². The van der Waals surface area contributed by atoms with Gasteiger partial charge in [-0.25, -0.2) is 8.78 Å². The van der Waals surface area contributed by atoms with Crippen molar-refractivity contribution in [1.29, 1.82) is 0 Å². The Labute approximate surface area is 197 Å².